The SMILES string of the molecule is Cc1cccc(C)c1C(=O)N1CC2CN(CCC(NC(=O)C3CCC(F)(F)CC3)c3ccccn3)C[C@H]2C1. The third-order valence-corrected chi connectivity index (χ3v) is 8.73. The van der Waals surface area contributed by atoms with Gasteiger partial charge in [0, 0.05) is 63.2 Å². The van der Waals surface area contributed by atoms with E-state index >= 15 is 0 Å². The van der Waals surface area contributed by atoms with E-state index in [0.717, 1.165) is 55.1 Å². The summed E-state index contributed by atoms with van der Waals surface area (Å²) in [5.41, 5.74) is 3.68. The Balaban J connectivity index is 1.16. The number of pyridine rings is 1. The Morgan fingerprint density at radius 2 is 1.66 bits per heavy atom. The number of fused-ring (bicyclic) bond motifs is 1. The maximum atomic E-state index is 13.6. The number of aromatic nitrogens is 1. The zero-order chi connectivity index (χ0) is 26.9. The predicted molar refractivity (Wildman–Crippen MR) is 142 cm³/mol. The van der Waals surface area contributed by atoms with E-state index in [-0.39, 0.29) is 49.5 Å². The Bertz CT molecular complexity index is 1110. The van der Waals surface area contributed by atoms with Gasteiger partial charge in [-0.1, -0.05) is 24.3 Å². The first-order valence-corrected chi connectivity index (χ1v) is 13.9. The van der Waals surface area contributed by atoms with Crippen molar-refractivity contribution >= 4 is 11.8 Å². The van der Waals surface area contributed by atoms with E-state index in [1.54, 1.807) is 6.20 Å². The van der Waals surface area contributed by atoms with E-state index < -0.39 is 5.92 Å². The molecule has 2 aromatic rings. The summed E-state index contributed by atoms with van der Waals surface area (Å²) in [5, 5.41) is 3.13. The molecule has 1 saturated carbocycles. The molecule has 0 spiro atoms. The number of aryl methyl sites for hydroxylation is 2. The average Bonchev–Trinajstić information content (AvgIpc) is 3.46. The van der Waals surface area contributed by atoms with Gasteiger partial charge < -0.3 is 15.1 Å². The predicted octanol–water partition coefficient (Wildman–Crippen LogP) is 4.78. The van der Waals surface area contributed by atoms with Gasteiger partial charge in [-0.05, 0) is 68.2 Å². The van der Waals surface area contributed by atoms with Crippen LogP contribution in [0.15, 0.2) is 42.6 Å². The number of nitrogens with one attached hydrogen (secondary N) is 1. The molecule has 1 N–H and O–H groups in total. The van der Waals surface area contributed by atoms with Gasteiger partial charge in [0.2, 0.25) is 11.8 Å². The molecule has 8 heteroatoms. The molecule has 2 aliphatic heterocycles. The highest BCUT2D eigenvalue weighted by molar-refractivity contribution is 5.97. The molecule has 1 aliphatic carbocycles. The highest BCUT2D eigenvalue weighted by atomic mass is 19.3. The standard InChI is InChI=1S/C30H38F2N4O2/c1-20-6-5-7-21(2)27(20)29(38)36-18-23-16-35(17-24(23)19-36)15-11-26(25-8-3-4-14-33-25)34-28(37)22-9-12-30(31,32)13-10-22/h3-8,14,22-24,26H,9-13,15-19H2,1-2H3,(H,34,37)/t23-,24?,26?/m0/s1. The largest absolute Gasteiger partial charge is 0.347 e. The molecule has 5 rings (SSSR count). The minimum atomic E-state index is -2.65. The molecule has 3 atom stereocenters. The second-order valence-electron chi connectivity index (χ2n) is 11.5. The Morgan fingerprint density at radius 3 is 2.26 bits per heavy atom. The van der Waals surface area contributed by atoms with E-state index in [1.165, 1.54) is 0 Å². The van der Waals surface area contributed by atoms with Crippen LogP contribution in [0.5, 0.6) is 0 Å². The lowest BCUT2D eigenvalue weighted by Crippen LogP contribution is -2.39. The van der Waals surface area contributed by atoms with Crippen LogP contribution >= 0.6 is 0 Å². The van der Waals surface area contributed by atoms with Crippen molar-refractivity contribution in [1.82, 2.24) is 20.1 Å². The molecule has 2 amide bonds. The summed E-state index contributed by atoms with van der Waals surface area (Å²) in [6.07, 6.45) is 2.42. The Hall–Kier alpha value is -2.87. The summed E-state index contributed by atoms with van der Waals surface area (Å²) in [7, 11) is 0. The molecule has 1 aromatic heterocycles. The van der Waals surface area contributed by atoms with Gasteiger partial charge in [0.1, 0.15) is 0 Å². The van der Waals surface area contributed by atoms with Crippen molar-refractivity contribution in [2.75, 3.05) is 32.7 Å². The second kappa shape index (κ2) is 11.1. The Morgan fingerprint density at radius 1 is 1.00 bits per heavy atom. The third-order valence-electron chi connectivity index (χ3n) is 8.73. The summed E-state index contributed by atoms with van der Waals surface area (Å²) in [6, 6.07) is 11.4. The highest BCUT2D eigenvalue weighted by Crippen LogP contribution is 2.37. The summed E-state index contributed by atoms with van der Waals surface area (Å²) in [5.74, 6) is -2.11. The van der Waals surface area contributed by atoms with Crippen molar-refractivity contribution in [2.24, 2.45) is 17.8 Å². The highest BCUT2D eigenvalue weighted by Gasteiger charge is 2.42. The number of nitrogens with zero attached hydrogens (tertiary/aromatic N) is 3. The fraction of sp³-hybridized carbons (Fsp3) is 0.567. The molecule has 3 aliphatic rings. The molecule has 204 valence electrons. The number of hydrogen-bond acceptors (Lipinski definition) is 4. The number of benzene rings is 1. The van der Waals surface area contributed by atoms with Crippen molar-refractivity contribution < 1.29 is 18.4 Å². The monoisotopic (exact) mass is 524 g/mol. The van der Waals surface area contributed by atoms with E-state index in [4.69, 9.17) is 0 Å². The van der Waals surface area contributed by atoms with Crippen LogP contribution in [-0.2, 0) is 4.79 Å². The maximum Gasteiger partial charge on any atom is 0.254 e. The number of hydrogen-bond donors (Lipinski definition) is 1. The molecule has 1 aromatic carbocycles. The number of amides is 2. The van der Waals surface area contributed by atoms with Crippen molar-refractivity contribution in [3.05, 3.63) is 65.0 Å². The first-order chi connectivity index (χ1) is 18.2. The summed E-state index contributed by atoms with van der Waals surface area (Å²) in [6.45, 7) is 8.23. The maximum absolute atomic E-state index is 13.6. The van der Waals surface area contributed by atoms with Crippen LogP contribution in [-0.4, -0.2) is 65.2 Å². The van der Waals surface area contributed by atoms with Crippen LogP contribution in [0.3, 0.4) is 0 Å². The summed E-state index contributed by atoms with van der Waals surface area (Å²) >= 11 is 0. The van der Waals surface area contributed by atoms with Gasteiger partial charge in [-0.15, -0.1) is 0 Å². The minimum absolute atomic E-state index is 0.139. The minimum Gasteiger partial charge on any atom is -0.347 e. The second-order valence-corrected chi connectivity index (χ2v) is 11.5. The number of carbonyl (C=O) groups excluding carboxylic acids is 2. The van der Waals surface area contributed by atoms with Crippen LogP contribution in [0, 0.1) is 31.6 Å². The molecule has 0 bridgehead atoms. The van der Waals surface area contributed by atoms with Gasteiger partial charge >= 0.3 is 0 Å². The lowest BCUT2D eigenvalue weighted by molar-refractivity contribution is -0.130. The third kappa shape index (κ3) is 5.90. The lowest BCUT2D eigenvalue weighted by Gasteiger charge is -2.29. The molecule has 3 fully saturated rings. The van der Waals surface area contributed by atoms with Gasteiger partial charge in [-0.3, -0.25) is 14.6 Å². The van der Waals surface area contributed by atoms with Crippen molar-refractivity contribution in [3.63, 3.8) is 0 Å². The number of alkyl halides is 2. The van der Waals surface area contributed by atoms with Gasteiger partial charge in [-0.25, -0.2) is 8.78 Å². The normalized spacial score (nSPS) is 24.3. The average molecular weight is 525 g/mol. The quantitative estimate of drug-likeness (QED) is 0.567. The van der Waals surface area contributed by atoms with Crippen molar-refractivity contribution in [1.29, 1.82) is 0 Å². The van der Waals surface area contributed by atoms with Crippen molar-refractivity contribution in [2.45, 2.75) is 57.9 Å². The number of halogens is 2. The van der Waals surface area contributed by atoms with Crippen LogP contribution in [0.1, 0.15) is 65.3 Å². The topological polar surface area (TPSA) is 65.5 Å². The van der Waals surface area contributed by atoms with Gasteiger partial charge in [-0.2, -0.15) is 0 Å². The molecule has 38 heavy (non-hydrogen) atoms. The zero-order valence-electron chi connectivity index (χ0n) is 22.3. The molecule has 2 saturated heterocycles. The molecule has 3 heterocycles. The van der Waals surface area contributed by atoms with E-state index in [2.05, 4.69) is 15.2 Å². The summed E-state index contributed by atoms with van der Waals surface area (Å²) < 4.78 is 27.2. The molecule has 6 nitrogen and oxygen atoms in total. The zero-order valence-corrected chi connectivity index (χ0v) is 22.3. The first kappa shape index (κ1) is 26.7. The lowest BCUT2D eigenvalue weighted by atomic mass is 9.86. The van der Waals surface area contributed by atoms with Crippen LogP contribution in [0.25, 0.3) is 0 Å². The Kier molecular flexibility index (Phi) is 7.80. The van der Waals surface area contributed by atoms with Gasteiger partial charge in [0.25, 0.3) is 5.91 Å². The van der Waals surface area contributed by atoms with E-state index in [1.807, 2.05) is 55.1 Å². The van der Waals surface area contributed by atoms with Crippen LogP contribution in [0.2, 0.25) is 0 Å². The summed E-state index contributed by atoms with van der Waals surface area (Å²) in [4.78, 5) is 35.2. The molecule has 0 radical (unpaired) electrons. The Labute approximate surface area is 223 Å². The molecular weight excluding hydrogens is 486 g/mol. The number of carbonyl (C=O) groups is 2. The molecule has 2 unspecified atom stereocenters. The van der Waals surface area contributed by atoms with E-state index in [9.17, 15) is 18.4 Å². The fourth-order valence-corrected chi connectivity index (χ4v) is 6.53. The smallest absolute Gasteiger partial charge is 0.254 e. The van der Waals surface area contributed by atoms with Gasteiger partial charge in [0.05, 0.1) is 11.7 Å². The van der Waals surface area contributed by atoms with Crippen LogP contribution in [0.4, 0.5) is 8.78 Å². The first-order valence-electron chi connectivity index (χ1n) is 13.9. The van der Waals surface area contributed by atoms with Crippen molar-refractivity contribution in [3.8, 4) is 0 Å². The number of likely N-dealkylation sites (tertiary alicyclic amines) is 2. The number of rotatable bonds is 7. The molecular formula is C30H38F2N4O2. The van der Waals surface area contributed by atoms with Gasteiger partial charge in [0.15, 0.2) is 0 Å². The van der Waals surface area contributed by atoms with Crippen LogP contribution < -0.4 is 5.32 Å². The van der Waals surface area contributed by atoms with E-state index in [0.29, 0.717) is 18.3 Å². The fourth-order valence-electron chi connectivity index (χ4n) is 6.53.